The molecule has 1 aromatic rings. The molecule has 0 radical (unpaired) electrons. The molecule has 1 fully saturated rings. The summed E-state index contributed by atoms with van der Waals surface area (Å²) in [7, 11) is 0. The number of carbonyl (C=O) groups is 1. The number of nitrogens with zero attached hydrogens (tertiary/aromatic N) is 1. The number of carbonyl (C=O) groups excluding carboxylic acids is 1. The summed E-state index contributed by atoms with van der Waals surface area (Å²) in [6, 6.07) is 3.98. The van der Waals surface area contributed by atoms with E-state index in [2.05, 4.69) is 47.2 Å². The van der Waals surface area contributed by atoms with Crippen molar-refractivity contribution in [1.82, 2.24) is 4.90 Å². The van der Waals surface area contributed by atoms with Crippen LogP contribution >= 0.6 is 15.9 Å². The van der Waals surface area contributed by atoms with Crippen LogP contribution in [-0.4, -0.2) is 29.9 Å². The summed E-state index contributed by atoms with van der Waals surface area (Å²) in [6.07, 6.45) is 4.76. The second kappa shape index (κ2) is 7.30. The summed E-state index contributed by atoms with van der Waals surface area (Å²) in [5, 5.41) is 3.41. The fraction of sp³-hybridized carbons (Fsp3) is 0.588. The van der Waals surface area contributed by atoms with Crippen LogP contribution < -0.4 is 5.32 Å². The van der Waals surface area contributed by atoms with Crippen molar-refractivity contribution in [3.8, 4) is 0 Å². The molecule has 1 heterocycles. The molecule has 21 heavy (non-hydrogen) atoms. The highest BCUT2D eigenvalue weighted by Crippen LogP contribution is 2.26. The van der Waals surface area contributed by atoms with Crippen molar-refractivity contribution >= 4 is 27.5 Å². The second-order valence-electron chi connectivity index (χ2n) is 6.02. The molecule has 0 spiro atoms. The minimum atomic E-state index is -0.179. The Labute approximate surface area is 136 Å². The molecule has 4 heteroatoms. The molecule has 1 atom stereocenters. The normalized spacial score (nSPS) is 17.2. The predicted molar refractivity (Wildman–Crippen MR) is 91.7 cm³/mol. The fourth-order valence-corrected chi connectivity index (χ4v) is 3.67. The second-order valence-corrected chi connectivity index (χ2v) is 6.94. The van der Waals surface area contributed by atoms with Crippen LogP contribution in [0.2, 0.25) is 0 Å². The molecule has 1 aromatic carbocycles. The smallest absolute Gasteiger partial charge is 0.244 e. The van der Waals surface area contributed by atoms with Gasteiger partial charge in [-0.2, -0.15) is 0 Å². The lowest BCUT2D eigenvalue weighted by Crippen LogP contribution is -2.42. The van der Waals surface area contributed by atoms with Crippen molar-refractivity contribution in [2.24, 2.45) is 0 Å². The molecule has 116 valence electrons. The highest BCUT2D eigenvalue weighted by atomic mass is 79.9. The van der Waals surface area contributed by atoms with Gasteiger partial charge in [-0.1, -0.05) is 28.8 Å². The van der Waals surface area contributed by atoms with Gasteiger partial charge in [0.15, 0.2) is 0 Å². The van der Waals surface area contributed by atoms with Gasteiger partial charge in [0, 0.05) is 23.2 Å². The van der Waals surface area contributed by atoms with Gasteiger partial charge >= 0.3 is 0 Å². The number of nitrogens with one attached hydrogen (secondary N) is 1. The van der Waals surface area contributed by atoms with Gasteiger partial charge in [-0.25, -0.2) is 0 Å². The lowest BCUT2D eigenvalue weighted by atomic mass is 10.1. The molecule has 0 saturated carbocycles. The van der Waals surface area contributed by atoms with E-state index < -0.39 is 0 Å². The van der Waals surface area contributed by atoms with Crippen LogP contribution in [0, 0.1) is 13.8 Å². The van der Waals surface area contributed by atoms with Crippen LogP contribution in [0.15, 0.2) is 16.6 Å². The number of anilines is 1. The lowest BCUT2D eigenvalue weighted by molar-refractivity contribution is -0.131. The number of benzene rings is 1. The molecule has 3 nitrogen and oxygen atoms in total. The number of aryl methyl sites for hydroxylation is 2. The Morgan fingerprint density at radius 2 is 1.67 bits per heavy atom. The highest BCUT2D eigenvalue weighted by Gasteiger charge is 2.22. The largest absolute Gasteiger partial charge is 0.373 e. The third kappa shape index (κ3) is 4.22. The van der Waals surface area contributed by atoms with E-state index in [1.54, 1.807) is 0 Å². The van der Waals surface area contributed by atoms with E-state index in [0.717, 1.165) is 47.2 Å². The molecule has 2 rings (SSSR count). The summed E-state index contributed by atoms with van der Waals surface area (Å²) in [6.45, 7) is 7.92. The Kier molecular flexibility index (Phi) is 5.68. The van der Waals surface area contributed by atoms with E-state index in [1.165, 1.54) is 12.8 Å². The van der Waals surface area contributed by atoms with Crippen LogP contribution in [0.4, 0.5) is 5.69 Å². The first-order chi connectivity index (χ1) is 9.99. The number of hydrogen-bond acceptors (Lipinski definition) is 2. The van der Waals surface area contributed by atoms with Crippen molar-refractivity contribution in [3.63, 3.8) is 0 Å². The molecule has 0 bridgehead atoms. The molecule has 0 aliphatic carbocycles. The molecule has 1 N–H and O–H groups in total. The monoisotopic (exact) mass is 352 g/mol. The van der Waals surface area contributed by atoms with Crippen LogP contribution in [0.3, 0.4) is 0 Å². The number of amides is 1. The Balaban J connectivity index is 2.06. The van der Waals surface area contributed by atoms with Crippen molar-refractivity contribution in [2.75, 3.05) is 18.4 Å². The van der Waals surface area contributed by atoms with Crippen LogP contribution in [0.1, 0.15) is 43.7 Å². The maximum atomic E-state index is 12.6. The number of halogens is 1. The average Bonchev–Trinajstić information content (AvgIpc) is 2.70. The van der Waals surface area contributed by atoms with Crippen LogP contribution in [0.25, 0.3) is 0 Å². The number of rotatable bonds is 3. The molecular formula is C17H25BrN2O. The molecular weight excluding hydrogens is 328 g/mol. The summed E-state index contributed by atoms with van der Waals surface area (Å²) in [4.78, 5) is 14.6. The van der Waals surface area contributed by atoms with Gasteiger partial charge in [0.05, 0.1) is 0 Å². The first kappa shape index (κ1) is 16.3. The van der Waals surface area contributed by atoms with Gasteiger partial charge in [-0.15, -0.1) is 0 Å². The molecule has 0 aromatic heterocycles. The van der Waals surface area contributed by atoms with E-state index >= 15 is 0 Å². The zero-order chi connectivity index (χ0) is 15.4. The van der Waals surface area contributed by atoms with E-state index in [9.17, 15) is 4.79 Å². The Bertz CT molecular complexity index is 485. The number of likely N-dealkylation sites (tertiary alicyclic amines) is 1. The Morgan fingerprint density at radius 3 is 2.19 bits per heavy atom. The van der Waals surface area contributed by atoms with Gasteiger partial charge in [0.1, 0.15) is 6.04 Å². The van der Waals surface area contributed by atoms with E-state index in [0.29, 0.717) is 0 Å². The van der Waals surface area contributed by atoms with Gasteiger partial charge < -0.3 is 10.2 Å². The van der Waals surface area contributed by atoms with E-state index in [-0.39, 0.29) is 11.9 Å². The summed E-state index contributed by atoms with van der Waals surface area (Å²) in [5.74, 6) is 0.221. The quantitative estimate of drug-likeness (QED) is 0.880. The van der Waals surface area contributed by atoms with Gasteiger partial charge in [0.25, 0.3) is 0 Å². The third-order valence-electron chi connectivity index (χ3n) is 4.15. The molecule has 1 amide bonds. The average molecular weight is 353 g/mol. The first-order valence-corrected chi connectivity index (χ1v) is 8.60. The number of hydrogen-bond donors (Lipinski definition) is 1. The Hall–Kier alpha value is -1.03. The summed E-state index contributed by atoms with van der Waals surface area (Å²) >= 11 is 3.51. The van der Waals surface area contributed by atoms with Crippen molar-refractivity contribution in [1.29, 1.82) is 0 Å². The molecule has 1 saturated heterocycles. The SMILES string of the molecule is Cc1cc(Br)cc(C)c1NC(C)C(=O)N1CCCCCC1. The topological polar surface area (TPSA) is 32.3 Å². The zero-order valence-electron chi connectivity index (χ0n) is 13.2. The fourth-order valence-electron chi connectivity index (χ4n) is 2.98. The van der Waals surface area contributed by atoms with Gasteiger partial charge in [-0.3, -0.25) is 4.79 Å². The standard InChI is InChI=1S/C17H25BrN2O/c1-12-10-15(18)11-13(2)16(12)19-14(3)17(21)20-8-6-4-5-7-9-20/h10-11,14,19H,4-9H2,1-3H3. The zero-order valence-corrected chi connectivity index (χ0v) is 14.8. The maximum Gasteiger partial charge on any atom is 0.244 e. The first-order valence-electron chi connectivity index (χ1n) is 7.81. The van der Waals surface area contributed by atoms with E-state index in [1.807, 2.05) is 11.8 Å². The summed E-state index contributed by atoms with van der Waals surface area (Å²) < 4.78 is 1.08. The minimum Gasteiger partial charge on any atom is -0.373 e. The molecule has 1 unspecified atom stereocenters. The Morgan fingerprint density at radius 1 is 1.14 bits per heavy atom. The minimum absolute atomic E-state index is 0.179. The van der Waals surface area contributed by atoms with Crippen molar-refractivity contribution in [2.45, 2.75) is 52.5 Å². The molecule has 1 aliphatic rings. The highest BCUT2D eigenvalue weighted by molar-refractivity contribution is 9.10. The predicted octanol–water partition coefficient (Wildman–Crippen LogP) is 4.27. The van der Waals surface area contributed by atoms with Crippen molar-refractivity contribution < 1.29 is 4.79 Å². The van der Waals surface area contributed by atoms with Crippen molar-refractivity contribution in [3.05, 3.63) is 27.7 Å². The van der Waals surface area contributed by atoms with Gasteiger partial charge in [0.2, 0.25) is 5.91 Å². The molecule has 1 aliphatic heterocycles. The van der Waals surface area contributed by atoms with Crippen LogP contribution in [0.5, 0.6) is 0 Å². The maximum absolute atomic E-state index is 12.6. The van der Waals surface area contributed by atoms with Gasteiger partial charge in [-0.05, 0) is 56.9 Å². The van der Waals surface area contributed by atoms with E-state index in [4.69, 9.17) is 0 Å². The summed E-state index contributed by atoms with van der Waals surface area (Å²) in [5.41, 5.74) is 3.41. The van der Waals surface area contributed by atoms with Crippen LogP contribution in [-0.2, 0) is 4.79 Å². The lowest BCUT2D eigenvalue weighted by Gasteiger charge is -2.26. The third-order valence-corrected chi connectivity index (χ3v) is 4.60.